The number of allylic oxidation sites excluding steroid dienone is 3. The Kier molecular flexibility index (Phi) is 47.0. The summed E-state index contributed by atoms with van der Waals surface area (Å²) in [5.41, 5.74) is 0. The first-order chi connectivity index (χ1) is 45.3. The number of ether oxygens (including phenoxy) is 7. The van der Waals surface area contributed by atoms with Crippen LogP contribution in [0.4, 0.5) is 0 Å². The molecule has 0 bridgehead atoms. The quantitative estimate of drug-likeness (QED) is 0.00675. The van der Waals surface area contributed by atoms with E-state index in [0.29, 0.717) is 12.8 Å². The Morgan fingerprint density at radius 1 is 0.436 bits per heavy atom. The Hall–Kier alpha value is -2.56. The number of rotatable bonds is 55. The predicted octanol–water partition coefficient (Wildman–Crippen LogP) is 8.96. The first-order valence-electron chi connectivity index (χ1n) is 36.2. The number of phosphoric acid groups is 1. The summed E-state index contributed by atoms with van der Waals surface area (Å²) in [4.78, 5) is 50.7. The number of carbonyl (C=O) groups excluding carboxylic acids is 3. The summed E-state index contributed by atoms with van der Waals surface area (Å²) in [6, 6.07) is 0. The van der Waals surface area contributed by atoms with Crippen LogP contribution in [-0.4, -0.2) is 204 Å². The highest BCUT2D eigenvalue weighted by Crippen LogP contribution is 2.49. The molecule has 0 aromatic rings. The van der Waals surface area contributed by atoms with E-state index < -0.39 is 156 Å². The lowest BCUT2D eigenvalue weighted by Gasteiger charge is -2.49. The van der Waals surface area contributed by atoms with Gasteiger partial charge in [-0.2, -0.15) is 0 Å². The largest absolute Gasteiger partial charge is 0.472 e. The van der Waals surface area contributed by atoms with Crippen LogP contribution >= 0.6 is 7.82 Å². The summed E-state index contributed by atoms with van der Waals surface area (Å²) < 4.78 is 64.6. The molecule has 0 amide bonds. The van der Waals surface area contributed by atoms with E-state index in [1.165, 1.54) is 134 Å². The highest BCUT2D eigenvalue weighted by Gasteiger charge is 2.58. The summed E-state index contributed by atoms with van der Waals surface area (Å²) in [7, 11) is -5.72. The summed E-state index contributed by atoms with van der Waals surface area (Å²) in [5, 5.41) is 110. The molecule has 550 valence electrons. The number of phosphoric ester groups is 1. The third kappa shape index (κ3) is 35.0. The van der Waals surface area contributed by atoms with Crippen LogP contribution in [0, 0.1) is 0 Å². The van der Waals surface area contributed by atoms with Crippen molar-refractivity contribution in [3.05, 3.63) is 24.3 Å². The van der Waals surface area contributed by atoms with Crippen LogP contribution in [0.1, 0.15) is 265 Å². The standard InChI is InChI=1S/C69H125O24P/c1-4-7-10-13-16-19-22-24-25-27-30-33-36-39-42-45-55(73)88-50(47-85-53(71)43-40-37-34-32-29-26-23-20-17-14-11-8-5-2)48-87-94(83,84)93-67-65(91-68-63(81)58(76)56(74)51(46-70)89-68)61(79)60(78)62(80)66(67)92-69-64(82)59(77)57(75)52(90-69)49-86-54(72)44-41-38-35-31-28-21-18-15-12-9-6-3/h36,39,42,45,50-52,56-70,74-82H,4-35,37-38,40-41,43-44,46-49H2,1-3H3,(H,83,84)/b39-36+,45-42+. The van der Waals surface area contributed by atoms with Crippen LogP contribution in [0.2, 0.25) is 0 Å². The minimum atomic E-state index is -5.72. The van der Waals surface area contributed by atoms with E-state index in [4.69, 9.17) is 42.2 Å². The highest BCUT2D eigenvalue weighted by atomic mass is 31.2. The SMILES string of the molecule is CCCCCCCCCCCCC/C=C/C=C/C(=O)OC(COC(=O)CCCCCCCCCCCCCCC)COP(=O)(O)OC1C(OC2OC(CO)C(O)C(O)C2O)C(O)C(O)C(O)C1OC1OC(COC(=O)CCCCCCCCCCCCC)C(O)C(O)C1O. The van der Waals surface area contributed by atoms with E-state index >= 15 is 0 Å². The fraction of sp³-hybridized carbons (Fsp3) is 0.899. The smallest absolute Gasteiger partial charge is 0.463 e. The molecule has 94 heavy (non-hydrogen) atoms. The molecule has 1 aliphatic carbocycles. The van der Waals surface area contributed by atoms with Gasteiger partial charge >= 0.3 is 25.7 Å². The summed E-state index contributed by atoms with van der Waals surface area (Å²) in [6.07, 6.45) is 10.6. The number of aliphatic hydroxyl groups excluding tert-OH is 10. The third-order valence-electron chi connectivity index (χ3n) is 17.8. The molecule has 3 rings (SSSR count). The van der Waals surface area contributed by atoms with Gasteiger partial charge in [0.25, 0.3) is 0 Å². The maximum Gasteiger partial charge on any atom is 0.472 e. The van der Waals surface area contributed by atoms with Gasteiger partial charge in [0.05, 0.1) is 13.2 Å². The Bertz CT molecular complexity index is 2050. The maximum atomic E-state index is 14.3. The minimum Gasteiger partial charge on any atom is -0.463 e. The highest BCUT2D eigenvalue weighted by molar-refractivity contribution is 7.47. The van der Waals surface area contributed by atoms with Gasteiger partial charge in [-0.1, -0.05) is 244 Å². The molecule has 25 heteroatoms. The summed E-state index contributed by atoms with van der Waals surface area (Å²) in [6.45, 7) is 3.31. The normalized spacial score (nSPS) is 28.4. The van der Waals surface area contributed by atoms with Crippen LogP contribution in [0.5, 0.6) is 0 Å². The molecule has 24 nitrogen and oxygen atoms in total. The Balaban J connectivity index is 1.78. The molecule has 11 N–H and O–H groups in total. The number of carbonyl (C=O) groups is 3. The molecular formula is C69H125O24P. The van der Waals surface area contributed by atoms with Crippen molar-refractivity contribution in [1.82, 2.24) is 0 Å². The van der Waals surface area contributed by atoms with Crippen molar-refractivity contribution in [2.45, 2.75) is 369 Å². The van der Waals surface area contributed by atoms with E-state index in [2.05, 4.69) is 20.8 Å². The zero-order chi connectivity index (χ0) is 68.9. The number of unbranched alkanes of at least 4 members (excludes halogenated alkanes) is 33. The van der Waals surface area contributed by atoms with Gasteiger partial charge in [0.2, 0.25) is 0 Å². The third-order valence-corrected chi connectivity index (χ3v) is 18.8. The fourth-order valence-electron chi connectivity index (χ4n) is 11.9. The van der Waals surface area contributed by atoms with Crippen molar-refractivity contribution in [3.8, 4) is 0 Å². The van der Waals surface area contributed by atoms with E-state index in [-0.39, 0.29) is 12.8 Å². The van der Waals surface area contributed by atoms with Crippen molar-refractivity contribution >= 4 is 25.7 Å². The van der Waals surface area contributed by atoms with Gasteiger partial charge in [-0.05, 0) is 25.7 Å². The van der Waals surface area contributed by atoms with E-state index in [0.717, 1.165) is 96.0 Å². The molecule has 0 aromatic heterocycles. The molecule has 0 radical (unpaired) electrons. The minimum absolute atomic E-state index is 0.0274. The Labute approximate surface area is 560 Å². The van der Waals surface area contributed by atoms with Gasteiger partial charge < -0.3 is 89.1 Å². The van der Waals surface area contributed by atoms with Gasteiger partial charge in [-0.25, -0.2) is 9.36 Å². The van der Waals surface area contributed by atoms with Crippen LogP contribution < -0.4 is 0 Å². The van der Waals surface area contributed by atoms with Crippen molar-refractivity contribution in [2.24, 2.45) is 0 Å². The molecule has 2 aliphatic heterocycles. The van der Waals surface area contributed by atoms with Gasteiger partial charge in [0, 0.05) is 18.9 Å². The molecule has 0 aromatic carbocycles. The van der Waals surface area contributed by atoms with Crippen LogP contribution in [0.25, 0.3) is 0 Å². The van der Waals surface area contributed by atoms with Crippen molar-refractivity contribution in [2.75, 3.05) is 26.4 Å². The van der Waals surface area contributed by atoms with Crippen molar-refractivity contribution < 1.29 is 117 Å². The lowest BCUT2D eigenvalue weighted by molar-refractivity contribution is -0.360. The molecule has 2 heterocycles. The van der Waals surface area contributed by atoms with Gasteiger partial charge in [0.1, 0.15) is 98.7 Å². The predicted molar refractivity (Wildman–Crippen MR) is 351 cm³/mol. The molecule has 3 aliphatic rings. The zero-order valence-corrected chi connectivity index (χ0v) is 57.9. The molecule has 1 saturated carbocycles. The molecule has 3 fully saturated rings. The number of esters is 3. The van der Waals surface area contributed by atoms with Crippen molar-refractivity contribution in [1.29, 1.82) is 0 Å². The van der Waals surface area contributed by atoms with E-state index in [1.54, 1.807) is 6.08 Å². The molecule has 18 unspecified atom stereocenters. The lowest BCUT2D eigenvalue weighted by Crippen LogP contribution is -2.69. The lowest BCUT2D eigenvalue weighted by atomic mass is 9.84. The monoisotopic (exact) mass is 1370 g/mol. The van der Waals surface area contributed by atoms with Gasteiger partial charge in [0.15, 0.2) is 18.7 Å². The zero-order valence-electron chi connectivity index (χ0n) is 57.0. The maximum absolute atomic E-state index is 14.3. The van der Waals surface area contributed by atoms with Crippen molar-refractivity contribution in [3.63, 3.8) is 0 Å². The molecule has 0 spiro atoms. The van der Waals surface area contributed by atoms with Gasteiger partial charge in [-0.3, -0.25) is 18.6 Å². The Morgan fingerprint density at radius 3 is 1.23 bits per heavy atom. The second-order valence-electron chi connectivity index (χ2n) is 26.0. The molecule has 18 atom stereocenters. The fourth-order valence-corrected chi connectivity index (χ4v) is 12.9. The summed E-state index contributed by atoms with van der Waals surface area (Å²) in [5.74, 6) is -2.24. The number of hydrogen-bond donors (Lipinski definition) is 11. The van der Waals surface area contributed by atoms with E-state index in [1.807, 2.05) is 6.08 Å². The van der Waals surface area contributed by atoms with Gasteiger partial charge in [-0.15, -0.1) is 0 Å². The second kappa shape index (κ2) is 51.6. The number of hydrogen-bond acceptors (Lipinski definition) is 23. The van der Waals surface area contributed by atoms with E-state index in [9.17, 15) is 74.9 Å². The van der Waals surface area contributed by atoms with Crippen LogP contribution in [-0.2, 0) is 61.2 Å². The van der Waals surface area contributed by atoms with Crippen LogP contribution in [0.15, 0.2) is 24.3 Å². The molecular weight excluding hydrogens is 1240 g/mol. The first kappa shape index (κ1) is 85.7. The Morgan fingerprint density at radius 2 is 0.809 bits per heavy atom. The van der Waals surface area contributed by atoms with Crippen LogP contribution in [0.3, 0.4) is 0 Å². The summed E-state index contributed by atoms with van der Waals surface area (Å²) >= 11 is 0. The average Bonchev–Trinajstić information content (AvgIpc) is 0.773. The second-order valence-corrected chi connectivity index (χ2v) is 27.4. The molecule has 2 saturated heterocycles. The first-order valence-corrected chi connectivity index (χ1v) is 37.7. The average molecular weight is 1370 g/mol. The number of aliphatic hydroxyl groups is 10. The topological polar surface area (TPSA) is 374 Å².